The number of halogens is 1. The van der Waals surface area contributed by atoms with Crippen LogP contribution in [0.2, 0.25) is 0 Å². The van der Waals surface area contributed by atoms with Gasteiger partial charge < -0.3 is 5.32 Å². The topological polar surface area (TPSA) is 46.9 Å². The lowest BCUT2D eigenvalue weighted by atomic mass is 9.40. The lowest BCUT2D eigenvalue weighted by Gasteiger charge is -2.64. The molecule has 4 fully saturated rings. The molecule has 0 aromatic carbocycles. The Morgan fingerprint density at radius 2 is 1.96 bits per heavy atom. The summed E-state index contributed by atoms with van der Waals surface area (Å²) in [7, 11) is 1.92. The zero-order valence-corrected chi connectivity index (χ0v) is 15.9. The minimum atomic E-state index is -0.131. The second-order valence-electron chi connectivity index (χ2n) is 9.16. The Labute approximate surface area is 146 Å². The van der Waals surface area contributed by atoms with Gasteiger partial charge in [0, 0.05) is 7.05 Å². The van der Waals surface area contributed by atoms with Crippen LogP contribution in [0.15, 0.2) is 10.7 Å². The van der Waals surface area contributed by atoms with E-state index in [2.05, 4.69) is 40.2 Å². The van der Waals surface area contributed by atoms with Crippen molar-refractivity contribution in [3.63, 3.8) is 0 Å². The molecule has 0 radical (unpaired) electrons. The lowest BCUT2D eigenvalue weighted by molar-refractivity contribution is -0.170. The standard InChI is InChI=1S/C18H26BrN3O/c1-16-4-12-5-17(2,9-16)11-18(6-12,10-16)15(23)20-8-14-13(19)7-21-22(14)3/h7,12H,4-6,8-11H2,1-3H3,(H,20,23). The van der Waals surface area contributed by atoms with Gasteiger partial charge in [-0.2, -0.15) is 5.10 Å². The van der Waals surface area contributed by atoms with Crippen LogP contribution in [-0.4, -0.2) is 15.7 Å². The summed E-state index contributed by atoms with van der Waals surface area (Å²) < 4.78 is 2.79. The van der Waals surface area contributed by atoms with Gasteiger partial charge in [0.05, 0.1) is 28.3 Å². The summed E-state index contributed by atoms with van der Waals surface area (Å²) in [6, 6.07) is 0. The second kappa shape index (κ2) is 4.84. The minimum Gasteiger partial charge on any atom is -0.350 e. The number of aryl methyl sites for hydroxylation is 1. The van der Waals surface area contributed by atoms with Crippen molar-refractivity contribution in [2.24, 2.45) is 29.2 Å². The van der Waals surface area contributed by atoms with Gasteiger partial charge in [-0.25, -0.2) is 0 Å². The van der Waals surface area contributed by atoms with Crippen LogP contribution in [0, 0.1) is 22.2 Å². The van der Waals surface area contributed by atoms with Gasteiger partial charge in [0.2, 0.25) is 5.91 Å². The van der Waals surface area contributed by atoms with Crippen molar-refractivity contribution < 1.29 is 4.79 Å². The van der Waals surface area contributed by atoms with E-state index in [-0.39, 0.29) is 11.3 Å². The number of carbonyl (C=O) groups excluding carboxylic acids is 1. The molecule has 1 aromatic heterocycles. The average Bonchev–Trinajstić information content (AvgIpc) is 2.71. The highest BCUT2D eigenvalue weighted by molar-refractivity contribution is 9.10. The highest BCUT2D eigenvalue weighted by Crippen LogP contribution is 2.69. The van der Waals surface area contributed by atoms with Crippen LogP contribution < -0.4 is 5.32 Å². The molecule has 4 aliphatic carbocycles. The Balaban J connectivity index is 1.54. The minimum absolute atomic E-state index is 0.131. The van der Waals surface area contributed by atoms with Crippen LogP contribution in [-0.2, 0) is 18.4 Å². The molecule has 4 aliphatic rings. The van der Waals surface area contributed by atoms with Crippen LogP contribution >= 0.6 is 15.9 Å². The van der Waals surface area contributed by atoms with Gasteiger partial charge >= 0.3 is 0 Å². The van der Waals surface area contributed by atoms with E-state index in [4.69, 9.17) is 0 Å². The lowest BCUT2D eigenvalue weighted by Crippen LogP contribution is -2.59. The molecule has 0 aliphatic heterocycles. The summed E-state index contributed by atoms with van der Waals surface area (Å²) in [6.45, 7) is 5.38. The number of carbonyl (C=O) groups is 1. The number of nitrogens with one attached hydrogen (secondary N) is 1. The molecular weight excluding hydrogens is 354 g/mol. The van der Waals surface area contributed by atoms with Gasteiger partial charge in [-0.1, -0.05) is 13.8 Å². The normalized spacial score (nSPS) is 41.3. The van der Waals surface area contributed by atoms with Gasteiger partial charge in [0.25, 0.3) is 0 Å². The van der Waals surface area contributed by atoms with Gasteiger partial charge in [-0.15, -0.1) is 0 Å². The first kappa shape index (κ1) is 15.7. The third-order valence-electron chi connectivity index (χ3n) is 6.53. The molecule has 1 heterocycles. The largest absolute Gasteiger partial charge is 0.350 e. The predicted molar refractivity (Wildman–Crippen MR) is 92.6 cm³/mol. The fraction of sp³-hybridized carbons (Fsp3) is 0.778. The summed E-state index contributed by atoms with van der Waals surface area (Å²) in [5, 5.41) is 7.46. The highest BCUT2D eigenvalue weighted by Gasteiger charge is 2.62. The Morgan fingerprint density at radius 1 is 1.30 bits per heavy atom. The van der Waals surface area contributed by atoms with E-state index >= 15 is 0 Å². The van der Waals surface area contributed by atoms with Crippen LogP contribution in [0.4, 0.5) is 0 Å². The first-order valence-electron chi connectivity index (χ1n) is 8.67. The summed E-state index contributed by atoms with van der Waals surface area (Å²) in [6.07, 6.45) is 8.98. The van der Waals surface area contributed by atoms with Crippen molar-refractivity contribution in [3.8, 4) is 0 Å². The molecule has 1 N–H and O–H groups in total. The molecule has 23 heavy (non-hydrogen) atoms. The summed E-state index contributed by atoms with van der Waals surface area (Å²) in [4.78, 5) is 13.1. The fourth-order valence-corrected chi connectivity index (χ4v) is 7.18. The Bertz CT molecular complexity index is 630. The number of hydrogen-bond donors (Lipinski definition) is 1. The van der Waals surface area contributed by atoms with Gasteiger partial charge in [0.1, 0.15) is 0 Å². The Hall–Kier alpha value is -0.840. The maximum absolute atomic E-state index is 13.1. The van der Waals surface area contributed by atoms with Crippen molar-refractivity contribution >= 4 is 21.8 Å². The van der Waals surface area contributed by atoms with E-state index < -0.39 is 0 Å². The van der Waals surface area contributed by atoms with Gasteiger partial charge in [-0.05, 0) is 71.2 Å². The fourth-order valence-electron chi connectivity index (χ4n) is 6.69. The second-order valence-corrected chi connectivity index (χ2v) is 10.0. The third kappa shape index (κ3) is 2.46. The van der Waals surface area contributed by atoms with Crippen LogP contribution in [0.3, 0.4) is 0 Å². The van der Waals surface area contributed by atoms with Crippen molar-refractivity contribution in [2.45, 2.75) is 58.9 Å². The van der Waals surface area contributed by atoms with Crippen molar-refractivity contribution in [3.05, 3.63) is 16.4 Å². The quantitative estimate of drug-likeness (QED) is 0.867. The molecule has 126 valence electrons. The SMILES string of the molecule is Cn1ncc(Br)c1CNC(=O)C12CC3CC(C)(CC(C)(C3)C1)C2. The molecule has 2 atom stereocenters. The van der Waals surface area contributed by atoms with E-state index in [1.807, 2.05) is 11.7 Å². The van der Waals surface area contributed by atoms with Crippen molar-refractivity contribution in [1.29, 1.82) is 0 Å². The summed E-state index contributed by atoms with van der Waals surface area (Å²) in [5.41, 5.74) is 1.64. The molecule has 0 saturated heterocycles. The number of nitrogens with zero attached hydrogens (tertiary/aromatic N) is 2. The first-order chi connectivity index (χ1) is 10.7. The molecule has 4 nitrogen and oxygen atoms in total. The molecule has 5 rings (SSSR count). The molecule has 1 amide bonds. The predicted octanol–water partition coefficient (Wildman–Crippen LogP) is 3.80. The van der Waals surface area contributed by atoms with Crippen molar-refractivity contribution in [2.75, 3.05) is 0 Å². The van der Waals surface area contributed by atoms with Crippen LogP contribution in [0.1, 0.15) is 58.1 Å². The highest BCUT2D eigenvalue weighted by atomic mass is 79.9. The number of amides is 1. The average molecular weight is 380 g/mol. The van der Waals surface area contributed by atoms with E-state index in [1.54, 1.807) is 6.20 Å². The number of aromatic nitrogens is 2. The Kier molecular flexibility index (Phi) is 3.30. The van der Waals surface area contributed by atoms with Gasteiger partial charge in [0.15, 0.2) is 0 Å². The molecule has 0 spiro atoms. The first-order valence-corrected chi connectivity index (χ1v) is 9.47. The van der Waals surface area contributed by atoms with Crippen molar-refractivity contribution in [1.82, 2.24) is 15.1 Å². The molecular formula is C18H26BrN3O. The molecule has 5 heteroatoms. The van der Waals surface area contributed by atoms with E-state index in [0.29, 0.717) is 17.4 Å². The van der Waals surface area contributed by atoms with Crippen LogP contribution in [0.5, 0.6) is 0 Å². The Morgan fingerprint density at radius 3 is 2.48 bits per heavy atom. The number of rotatable bonds is 3. The molecule has 1 aromatic rings. The zero-order valence-electron chi connectivity index (χ0n) is 14.3. The molecule has 4 saturated carbocycles. The third-order valence-corrected chi connectivity index (χ3v) is 7.20. The molecule has 4 bridgehead atoms. The van der Waals surface area contributed by atoms with Gasteiger partial charge in [-0.3, -0.25) is 9.48 Å². The maximum atomic E-state index is 13.1. The zero-order chi connectivity index (χ0) is 16.5. The monoisotopic (exact) mass is 379 g/mol. The summed E-state index contributed by atoms with van der Waals surface area (Å²) in [5.74, 6) is 1.02. The smallest absolute Gasteiger partial charge is 0.226 e. The number of hydrogen-bond acceptors (Lipinski definition) is 2. The maximum Gasteiger partial charge on any atom is 0.226 e. The summed E-state index contributed by atoms with van der Waals surface area (Å²) >= 11 is 3.51. The van der Waals surface area contributed by atoms with E-state index in [1.165, 1.54) is 19.3 Å². The molecule has 2 unspecified atom stereocenters. The van der Waals surface area contributed by atoms with E-state index in [0.717, 1.165) is 35.3 Å². The van der Waals surface area contributed by atoms with E-state index in [9.17, 15) is 4.79 Å². The van der Waals surface area contributed by atoms with Crippen LogP contribution in [0.25, 0.3) is 0 Å².